The number of rotatable bonds is 4. The average Bonchev–Trinajstić information content (AvgIpc) is 2.85. The predicted octanol–water partition coefficient (Wildman–Crippen LogP) is 4.67. The van der Waals surface area contributed by atoms with Crippen LogP contribution in [0.15, 0.2) is 36.4 Å². The van der Waals surface area contributed by atoms with Gasteiger partial charge >= 0.3 is 0 Å². The molecule has 1 aliphatic rings. The molecule has 1 nitrogen and oxygen atoms in total. The van der Waals surface area contributed by atoms with E-state index in [0.717, 1.165) is 25.9 Å². The zero-order chi connectivity index (χ0) is 14.1. The Bertz CT molecular complexity index is 624. The van der Waals surface area contributed by atoms with Gasteiger partial charge in [-0.2, -0.15) is 0 Å². The maximum atomic E-state index is 2.42. The van der Waals surface area contributed by atoms with Crippen LogP contribution in [0.3, 0.4) is 0 Å². The normalized spacial score (nSPS) is 12.2. The third kappa shape index (κ3) is 2.11. The van der Waals surface area contributed by atoms with Gasteiger partial charge in [0.25, 0.3) is 0 Å². The van der Waals surface area contributed by atoms with Crippen molar-refractivity contribution < 1.29 is 0 Å². The molecule has 0 unspecified atom stereocenters. The Morgan fingerprint density at radius 1 is 0.850 bits per heavy atom. The summed E-state index contributed by atoms with van der Waals surface area (Å²) in [6, 6.07) is 13.9. The van der Waals surface area contributed by atoms with Gasteiger partial charge in [-0.3, -0.25) is 0 Å². The molecule has 0 amide bonds. The number of hydrogen-bond donors (Lipinski definition) is 0. The minimum atomic E-state index is 1.07. The summed E-state index contributed by atoms with van der Waals surface area (Å²) in [7, 11) is 0. The van der Waals surface area contributed by atoms with Gasteiger partial charge in [0, 0.05) is 18.8 Å². The first kappa shape index (κ1) is 13.2. The molecule has 0 N–H and O–H groups in total. The van der Waals surface area contributed by atoms with Crippen molar-refractivity contribution >= 4 is 5.69 Å². The lowest BCUT2D eigenvalue weighted by atomic mass is 10.0. The van der Waals surface area contributed by atoms with Crippen LogP contribution >= 0.6 is 0 Å². The fourth-order valence-corrected chi connectivity index (χ4v) is 3.26. The van der Waals surface area contributed by atoms with Crippen molar-refractivity contribution in [2.75, 3.05) is 18.0 Å². The van der Waals surface area contributed by atoms with E-state index in [9.17, 15) is 0 Å². The first-order chi connectivity index (χ1) is 9.76. The highest BCUT2D eigenvalue weighted by molar-refractivity contribution is 5.79. The summed E-state index contributed by atoms with van der Waals surface area (Å²) in [4.78, 5) is 2.42. The van der Waals surface area contributed by atoms with Gasteiger partial charge in [0.05, 0.1) is 0 Å². The Morgan fingerprint density at radius 3 is 2.15 bits per heavy atom. The van der Waals surface area contributed by atoms with Crippen LogP contribution in [-0.4, -0.2) is 13.1 Å². The van der Waals surface area contributed by atoms with Crippen LogP contribution in [0.1, 0.15) is 37.5 Å². The van der Waals surface area contributed by atoms with Gasteiger partial charge in [-0.25, -0.2) is 0 Å². The first-order valence-corrected chi connectivity index (χ1v) is 7.76. The molecule has 0 aliphatic heterocycles. The molecule has 0 spiro atoms. The van der Waals surface area contributed by atoms with Crippen LogP contribution in [0, 0.1) is 0 Å². The molecule has 0 fully saturated rings. The van der Waals surface area contributed by atoms with Gasteiger partial charge in [0.1, 0.15) is 0 Å². The van der Waals surface area contributed by atoms with Crippen molar-refractivity contribution in [3.05, 3.63) is 53.1 Å². The molecule has 0 saturated carbocycles. The molecule has 20 heavy (non-hydrogen) atoms. The van der Waals surface area contributed by atoms with Crippen LogP contribution in [0.5, 0.6) is 0 Å². The lowest BCUT2D eigenvalue weighted by Gasteiger charge is -2.21. The monoisotopic (exact) mass is 265 g/mol. The molecule has 1 heteroatoms. The first-order valence-electron chi connectivity index (χ1n) is 7.76. The van der Waals surface area contributed by atoms with Crippen LogP contribution in [0.25, 0.3) is 11.1 Å². The number of nitrogens with zero attached hydrogens (tertiary/aromatic N) is 1. The predicted molar refractivity (Wildman–Crippen MR) is 87.6 cm³/mol. The molecule has 104 valence electrons. The molecule has 0 bridgehead atoms. The second kappa shape index (κ2) is 5.32. The molecule has 1 aliphatic carbocycles. The Kier molecular flexibility index (Phi) is 3.52. The second-order valence-corrected chi connectivity index (χ2v) is 5.54. The smallest absolute Gasteiger partial charge is 0.0369 e. The second-order valence-electron chi connectivity index (χ2n) is 5.54. The van der Waals surface area contributed by atoms with Crippen LogP contribution in [0.2, 0.25) is 0 Å². The van der Waals surface area contributed by atoms with Crippen LogP contribution in [-0.2, 0) is 12.8 Å². The summed E-state index contributed by atoms with van der Waals surface area (Å²) in [6.07, 6.45) is 2.21. The van der Waals surface area contributed by atoms with Crippen molar-refractivity contribution in [1.82, 2.24) is 0 Å². The molecule has 0 radical (unpaired) electrons. The number of hydrogen-bond acceptors (Lipinski definition) is 1. The van der Waals surface area contributed by atoms with Gasteiger partial charge in [0.2, 0.25) is 0 Å². The topological polar surface area (TPSA) is 3.24 Å². The lowest BCUT2D eigenvalue weighted by Crippen LogP contribution is -2.21. The highest BCUT2D eigenvalue weighted by atomic mass is 15.1. The van der Waals surface area contributed by atoms with E-state index in [0.29, 0.717) is 0 Å². The quantitative estimate of drug-likeness (QED) is 0.663. The molecule has 2 aromatic carbocycles. The molecular weight excluding hydrogens is 242 g/mol. The number of aryl methyl sites for hydroxylation is 1. The maximum absolute atomic E-state index is 2.42. The number of benzene rings is 2. The highest BCUT2D eigenvalue weighted by Crippen LogP contribution is 2.38. The van der Waals surface area contributed by atoms with Crippen molar-refractivity contribution in [2.24, 2.45) is 0 Å². The van der Waals surface area contributed by atoms with Gasteiger partial charge in [-0.1, -0.05) is 31.2 Å². The molecule has 0 saturated heterocycles. The molecule has 3 rings (SSSR count). The molecule has 2 aromatic rings. The van der Waals surface area contributed by atoms with Crippen molar-refractivity contribution in [2.45, 2.75) is 33.6 Å². The fraction of sp³-hybridized carbons (Fsp3) is 0.368. The summed E-state index contributed by atoms with van der Waals surface area (Å²) >= 11 is 0. The van der Waals surface area contributed by atoms with Gasteiger partial charge < -0.3 is 4.90 Å². The minimum absolute atomic E-state index is 1.07. The maximum Gasteiger partial charge on any atom is 0.0369 e. The van der Waals surface area contributed by atoms with E-state index < -0.39 is 0 Å². The van der Waals surface area contributed by atoms with E-state index in [1.807, 2.05) is 0 Å². The Balaban J connectivity index is 1.99. The third-order valence-electron chi connectivity index (χ3n) is 4.47. The summed E-state index contributed by atoms with van der Waals surface area (Å²) in [5.41, 5.74) is 8.65. The van der Waals surface area contributed by atoms with E-state index in [-0.39, 0.29) is 0 Å². The highest BCUT2D eigenvalue weighted by Gasteiger charge is 2.19. The summed E-state index contributed by atoms with van der Waals surface area (Å²) in [5.74, 6) is 0. The van der Waals surface area contributed by atoms with Crippen molar-refractivity contribution in [3.63, 3.8) is 0 Å². The Hall–Kier alpha value is -1.76. The van der Waals surface area contributed by atoms with E-state index >= 15 is 0 Å². The van der Waals surface area contributed by atoms with Gasteiger partial charge in [-0.15, -0.1) is 0 Å². The van der Waals surface area contributed by atoms with Gasteiger partial charge in [0.15, 0.2) is 0 Å². The average molecular weight is 265 g/mol. The largest absolute Gasteiger partial charge is 0.372 e. The van der Waals surface area contributed by atoms with Crippen LogP contribution < -0.4 is 4.90 Å². The van der Waals surface area contributed by atoms with Crippen molar-refractivity contribution in [1.29, 1.82) is 0 Å². The minimum Gasteiger partial charge on any atom is -0.372 e. The van der Waals surface area contributed by atoms with Crippen molar-refractivity contribution in [3.8, 4) is 11.1 Å². The Labute approximate surface area is 122 Å². The third-order valence-corrected chi connectivity index (χ3v) is 4.47. The van der Waals surface area contributed by atoms with E-state index in [4.69, 9.17) is 0 Å². The Morgan fingerprint density at radius 2 is 1.50 bits per heavy atom. The summed E-state index contributed by atoms with van der Waals surface area (Å²) in [6.45, 7) is 8.81. The van der Waals surface area contributed by atoms with Gasteiger partial charge in [-0.05, 0) is 66.6 Å². The van der Waals surface area contributed by atoms with E-state index in [1.54, 1.807) is 0 Å². The zero-order valence-electron chi connectivity index (χ0n) is 12.7. The molecule has 0 atom stereocenters. The van der Waals surface area contributed by atoms with E-state index in [1.165, 1.54) is 33.5 Å². The van der Waals surface area contributed by atoms with Crippen LogP contribution in [0.4, 0.5) is 5.69 Å². The summed E-state index contributed by atoms with van der Waals surface area (Å²) < 4.78 is 0. The fourth-order valence-electron chi connectivity index (χ4n) is 3.26. The number of fused-ring (bicyclic) bond motifs is 3. The molecule has 0 heterocycles. The number of anilines is 1. The zero-order valence-corrected chi connectivity index (χ0v) is 12.7. The summed E-state index contributed by atoms with van der Waals surface area (Å²) in [5, 5.41) is 0. The molecular formula is C19H23N. The van der Waals surface area contributed by atoms with E-state index in [2.05, 4.69) is 62.1 Å². The standard InChI is InChI=1S/C19H23N/c1-4-14-7-9-18-15(11-14)12-16-13-17(8-10-19(16)18)20(5-2)6-3/h7-11,13H,4-6,12H2,1-3H3. The lowest BCUT2D eigenvalue weighted by molar-refractivity contribution is 0.865. The SMILES string of the molecule is CCc1ccc2c(c1)Cc1cc(N(CC)CC)ccc1-2. The molecule has 0 aromatic heterocycles.